The van der Waals surface area contributed by atoms with Crippen molar-refractivity contribution in [2.45, 2.75) is 25.3 Å². The number of nitrogens with two attached hydrogens (primary N) is 1. The lowest BCUT2D eigenvalue weighted by Gasteiger charge is -2.26. The molecular weight excluding hydrogens is 332 g/mol. The first kappa shape index (κ1) is 17.8. The Hall–Kier alpha value is -3.02. The number of primary amides is 1. The first-order chi connectivity index (χ1) is 12.6. The molecule has 0 fully saturated rings. The van der Waals surface area contributed by atoms with Crippen LogP contribution in [0, 0.1) is 0 Å². The third-order valence-electron chi connectivity index (χ3n) is 4.47. The van der Waals surface area contributed by atoms with Gasteiger partial charge in [-0.25, -0.2) is 0 Å². The second kappa shape index (κ2) is 7.91. The van der Waals surface area contributed by atoms with Crippen LogP contribution in [0.4, 0.5) is 0 Å². The third kappa shape index (κ3) is 3.96. The van der Waals surface area contributed by atoms with Crippen molar-refractivity contribution in [2.75, 3.05) is 13.7 Å². The van der Waals surface area contributed by atoms with Crippen LogP contribution in [0.5, 0.6) is 11.5 Å². The summed E-state index contributed by atoms with van der Waals surface area (Å²) in [4.78, 5) is 23.5. The molecule has 3 rings (SSSR count). The van der Waals surface area contributed by atoms with Gasteiger partial charge in [0.1, 0.15) is 0 Å². The van der Waals surface area contributed by atoms with Crippen LogP contribution in [-0.4, -0.2) is 25.5 Å². The second-order valence-corrected chi connectivity index (χ2v) is 6.24. The molecule has 1 aliphatic rings. The van der Waals surface area contributed by atoms with E-state index in [0.717, 1.165) is 19.3 Å². The zero-order chi connectivity index (χ0) is 18.5. The van der Waals surface area contributed by atoms with Crippen LogP contribution >= 0.6 is 0 Å². The number of nitrogens with one attached hydrogen (secondary N) is 1. The van der Waals surface area contributed by atoms with Crippen LogP contribution in [0.1, 0.15) is 40.4 Å². The number of ether oxygens (including phenoxy) is 2. The first-order valence-electron chi connectivity index (χ1n) is 8.56. The van der Waals surface area contributed by atoms with Crippen LogP contribution in [0.2, 0.25) is 0 Å². The number of hydrogen-bond acceptors (Lipinski definition) is 4. The smallest absolute Gasteiger partial charge is 0.255 e. The minimum absolute atomic E-state index is 0.00392. The molecule has 6 nitrogen and oxygen atoms in total. The van der Waals surface area contributed by atoms with Crippen molar-refractivity contribution >= 4 is 11.8 Å². The largest absolute Gasteiger partial charge is 0.493 e. The fourth-order valence-electron chi connectivity index (χ4n) is 3.22. The van der Waals surface area contributed by atoms with Crippen LogP contribution in [0.25, 0.3) is 0 Å². The van der Waals surface area contributed by atoms with Crippen molar-refractivity contribution in [2.24, 2.45) is 5.73 Å². The average Bonchev–Trinajstić information content (AvgIpc) is 2.66. The van der Waals surface area contributed by atoms with E-state index in [1.807, 2.05) is 12.1 Å². The number of fused-ring (bicyclic) bond motifs is 1. The molecule has 136 valence electrons. The molecule has 2 aromatic rings. The number of amides is 2. The monoisotopic (exact) mass is 354 g/mol. The molecule has 26 heavy (non-hydrogen) atoms. The van der Waals surface area contributed by atoms with Gasteiger partial charge >= 0.3 is 0 Å². The predicted octanol–water partition coefficient (Wildman–Crippen LogP) is 2.37. The summed E-state index contributed by atoms with van der Waals surface area (Å²) in [5.74, 6) is -0.00917. The van der Waals surface area contributed by atoms with Crippen molar-refractivity contribution in [3.8, 4) is 11.5 Å². The Balaban J connectivity index is 1.75. The van der Waals surface area contributed by atoms with Gasteiger partial charge in [0.15, 0.2) is 18.1 Å². The number of aryl methyl sites for hydroxylation is 1. The molecule has 0 aliphatic heterocycles. The number of carbonyl (C=O) groups is 2. The minimum Gasteiger partial charge on any atom is -0.493 e. The van der Waals surface area contributed by atoms with E-state index in [4.69, 9.17) is 15.2 Å². The molecule has 2 amide bonds. The molecule has 2 aromatic carbocycles. The van der Waals surface area contributed by atoms with Gasteiger partial charge in [-0.1, -0.05) is 24.3 Å². The van der Waals surface area contributed by atoms with Gasteiger partial charge in [0, 0.05) is 5.56 Å². The molecule has 0 bridgehead atoms. The zero-order valence-corrected chi connectivity index (χ0v) is 14.7. The topological polar surface area (TPSA) is 90.7 Å². The van der Waals surface area contributed by atoms with Gasteiger partial charge in [-0.3, -0.25) is 9.59 Å². The molecular formula is C20H22N2O4. The summed E-state index contributed by atoms with van der Waals surface area (Å²) in [7, 11) is 1.48. The Bertz CT molecular complexity index is 819. The zero-order valence-electron chi connectivity index (χ0n) is 14.7. The fourth-order valence-corrected chi connectivity index (χ4v) is 3.22. The lowest BCUT2D eigenvalue weighted by atomic mass is 9.87. The average molecular weight is 354 g/mol. The molecule has 3 N–H and O–H groups in total. The van der Waals surface area contributed by atoms with E-state index in [-0.39, 0.29) is 18.6 Å². The van der Waals surface area contributed by atoms with Gasteiger partial charge in [-0.2, -0.15) is 0 Å². The van der Waals surface area contributed by atoms with E-state index in [9.17, 15) is 9.59 Å². The normalized spacial score (nSPS) is 15.7. The number of carbonyl (C=O) groups excluding carboxylic acids is 2. The predicted molar refractivity (Wildman–Crippen MR) is 97.3 cm³/mol. The summed E-state index contributed by atoms with van der Waals surface area (Å²) in [6, 6.07) is 13.1. The van der Waals surface area contributed by atoms with Gasteiger partial charge < -0.3 is 20.5 Å². The van der Waals surface area contributed by atoms with Gasteiger partial charge in [0.2, 0.25) is 0 Å². The Kier molecular flexibility index (Phi) is 5.41. The highest BCUT2D eigenvalue weighted by molar-refractivity contribution is 5.95. The second-order valence-electron chi connectivity index (χ2n) is 6.24. The van der Waals surface area contributed by atoms with Crippen LogP contribution < -0.4 is 20.5 Å². The van der Waals surface area contributed by atoms with Crippen molar-refractivity contribution < 1.29 is 19.1 Å². The van der Waals surface area contributed by atoms with Gasteiger partial charge in [0.05, 0.1) is 13.2 Å². The molecule has 0 saturated heterocycles. The minimum atomic E-state index is -0.579. The summed E-state index contributed by atoms with van der Waals surface area (Å²) < 4.78 is 10.5. The Morgan fingerprint density at radius 2 is 2.00 bits per heavy atom. The molecule has 0 spiro atoms. The lowest BCUT2D eigenvalue weighted by molar-refractivity contribution is -0.119. The highest BCUT2D eigenvalue weighted by Gasteiger charge is 2.22. The van der Waals surface area contributed by atoms with E-state index < -0.39 is 5.91 Å². The third-order valence-corrected chi connectivity index (χ3v) is 4.47. The van der Waals surface area contributed by atoms with E-state index in [0.29, 0.717) is 17.1 Å². The van der Waals surface area contributed by atoms with Crippen LogP contribution in [0.15, 0.2) is 42.5 Å². The van der Waals surface area contributed by atoms with Gasteiger partial charge in [-0.05, 0) is 48.6 Å². The highest BCUT2D eigenvalue weighted by Crippen LogP contribution is 2.31. The molecule has 0 aromatic heterocycles. The van der Waals surface area contributed by atoms with Crippen molar-refractivity contribution in [1.29, 1.82) is 0 Å². The van der Waals surface area contributed by atoms with Gasteiger partial charge in [-0.15, -0.1) is 0 Å². The van der Waals surface area contributed by atoms with Crippen LogP contribution in [-0.2, 0) is 11.2 Å². The maximum Gasteiger partial charge on any atom is 0.255 e. The maximum atomic E-state index is 12.7. The molecule has 1 atom stereocenters. The highest BCUT2D eigenvalue weighted by atomic mass is 16.5. The molecule has 0 unspecified atom stereocenters. The summed E-state index contributed by atoms with van der Waals surface area (Å²) >= 11 is 0. The number of methoxy groups -OCH3 is 1. The summed E-state index contributed by atoms with van der Waals surface area (Å²) in [6.45, 7) is -0.249. The van der Waals surface area contributed by atoms with E-state index in [1.165, 1.54) is 18.2 Å². The number of hydrogen-bond donors (Lipinski definition) is 2. The first-order valence-corrected chi connectivity index (χ1v) is 8.56. The molecule has 0 saturated carbocycles. The van der Waals surface area contributed by atoms with E-state index in [1.54, 1.807) is 18.2 Å². The summed E-state index contributed by atoms with van der Waals surface area (Å²) in [6.07, 6.45) is 3.01. The van der Waals surface area contributed by atoms with Gasteiger partial charge in [0.25, 0.3) is 11.8 Å². The molecule has 1 aliphatic carbocycles. The van der Waals surface area contributed by atoms with Crippen molar-refractivity contribution in [1.82, 2.24) is 5.32 Å². The summed E-state index contributed by atoms with van der Waals surface area (Å²) in [5, 5.41) is 3.10. The van der Waals surface area contributed by atoms with E-state index >= 15 is 0 Å². The van der Waals surface area contributed by atoms with E-state index in [2.05, 4.69) is 17.4 Å². The fraction of sp³-hybridized carbons (Fsp3) is 0.300. The molecule has 6 heteroatoms. The van der Waals surface area contributed by atoms with Crippen LogP contribution in [0.3, 0.4) is 0 Å². The lowest BCUT2D eigenvalue weighted by Crippen LogP contribution is -2.31. The number of rotatable bonds is 6. The molecule has 0 heterocycles. The number of benzene rings is 2. The Labute approximate surface area is 152 Å². The summed E-state index contributed by atoms with van der Waals surface area (Å²) in [5.41, 5.74) is 8.02. The quantitative estimate of drug-likeness (QED) is 0.833. The van der Waals surface area contributed by atoms with Crippen molar-refractivity contribution in [3.63, 3.8) is 0 Å². The SMILES string of the molecule is COc1cc(C(=O)N[C@H]2CCCc3ccccc32)ccc1OCC(N)=O. The Morgan fingerprint density at radius 3 is 2.77 bits per heavy atom. The standard InChI is InChI=1S/C20H22N2O4/c1-25-18-11-14(9-10-17(18)26-12-19(21)23)20(24)22-16-8-4-6-13-5-2-3-7-15(13)16/h2-3,5,7,9-11,16H,4,6,8,12H2,1H3,(H2,21,23)(H,22,24)/t16-/m0/s1. The molecule has 0 radical (unpaired) electrons. The van der Waals surface area contributed by atoms with Crippen molar-refractivity contribution in [3.05, 3.63) is 59.2 Å². The maximum absolute atomic E-state index is 12.7. The Morgan fingerprint density at radius 1 is 1.19 bits per heavy atom.